The summed E-state index contributed by atoms with van der Waals surface area (Å²) in [5.74, 6) is -1.47. The molecule has 2 amide bonds. The molecule has 0 radical (unpaired) electrons. The van der Waals surface area contributed by atoms with Gasteiger partial charge in [0.1, 0.15) is 0 Å². The highest BCUT2D eigenvalue weighted by molar-refractivity contribution is 6.23. The summed E-state index contributed by atoms with van der Waals surface area (Å²) in [6.07, 6.45) is 8.08. The Bertz CT molecular complexity index is 1110. The van der Waals surface area contributed by atoms with Gasteiger partial charge in [0.25, 0.3) is 5.69 Å². The minimum atomic E-state index is -0.495. The second kappa shape index (κ2) is 5.89. The molecule has 148 valence electrons. The van der Waals surface area contributed by atoms with E-state index in [1.54, 1.807) is 0 Å². The van der Waals surface area contributed by atoms with Crippen molar-refractivity contribution in [3.63, 3.8) is 0 Å². The Kier molecular flexibility index (Phi) is 3.36. The number of piperidine rings is 1. The van der Waals surface area contributed by atoms with E-state index in [0.717, 1.165) is 11.1 Å². The van der Waals surface area contributed by atoms with Crippen LogP contribution in [0.4, 0.5) is 11.4 Å². The zero-order valence-electron chi connectivity index (χ0n) is 15.8. The number of amides is 2. The molecule has 2 fully saturated rings. The first-order valence-corrected chi connectivity index (χ1v) is 9.91. The van der Waals surface area contributed by atoms with Crippen LogP contribution in [0.25, 0.3) is 0 Å². The minimum absolute atomic E-state index is 0.0321. The Morgan fingerprint density at radius 2 is 1.53 bits per heavy atom. The molecule has 2 saturated heterocycles. The molecular formula is C23H17N3O4. The molecule has 30 heavy (non-hydrogen) atoms. The molecule has 0 saturated carbocycles. The van der Waals surface area contributed by atoms with E-state index < -0.39 is 16.8 Å². The Morgan fingerprint density at radius 3 is 2.27 bits per heavy atom. The van der Waals surface area contributed by atoms with Crippen molar-refractivity contribution in [3.8, 4) is 0 Å². The summed E-state index contributed by atoms with van der Waals surface area (Å²) >= 11 is 0. The van der Waals surface area contributed by atoms with Gasteiger partial charge in [-0.2, -0.15) is 0 Å². The van der Waals surface area contributed by atoms with Gasteiger partial charge >= 0.3 is 0 Å². The van der Waals surface area contributed by atoms with Gasteiger partial charge in [0, 0.05) is 24.3 Å². The summed E-state index contributed by atoms with van der Waals surface area (Å²) in [6.45, 7) is 0. The number of hydrogen-bond donors (Lipinski definition) is 0. The highest BCUT2D eigenvalue weighted by Crippen LogP contribution is 2.60. The summed E-state index contributed by atoms with van der Waals surface area (Å²) in [6, 6.07) is 13.5. The van der Waals surface area contributed by atoms with Gasteiger partial charge in [-0.05, 0) is 29.3 Å². The van der Waals surface area contributed by atoms with Crippen LogP contribution in [0.3, 0.4) is 0 Å². The largest absolute Gasteiger partial charge is 0.363 e. The second-order valence-electron chi connectivity index (χ2n) is 8.10. The highest BCUT2D eigenvalue weighted by Gasteiger charge is 2.64. The number of allylic oxidation sites excluding steroid dienone is 2. The minimum Gasteiger partial charge on any atom is -0.363 e. The van der Waals surface area contributed by atoms with Gasteiger partial charge in [0.05, 0.1) is 34.5 Å². The molecule has 1 aliphatic carbocycles. The van der Waals surface area contributed by atoms with Gasteiger partial charge in [-0.1, -0.05) is 36.4 Å². The predicted molar refractivity (Wildman–Crippen MR) is 108 cm³/mol. The molecule has 2 aromatic carbocycles. The Morgan fingerprint density at radius 1 is 0.833 bits per heavy atom. The Balaban J connectivity index is 1.48. The van der Waals surface area contributed by atoms with Gasteiger partial charge in [-0.25, -0.2) is 4.90 Å². The predicted octanol–water partition coefficient (Wildman–Crippen LogP) is 3.31. The second-order valence-corrected chi connectivity index (χ2v) is 8.10. The molecular weight excluding hydrogens is 382 g/mol. The Labute approximate surface area is 172 Å². The first-order chi connectivity index (χ1) is 14.6. The fraction of sp³-hybridized carbons (Fsp3) is 0.217. The van der Waals surface area contributed by atoms with Crippen LogP contribution in [0.5, 0.6) is 0 Å². The third kappa shape index (κ3) is 2.04. The third-order valence-corrected chi connectivity index (χ3v) is 6.83. The van der Waals surface area contributed by atoms with E-state index in [1.165, 1.54) is 29.2 Å². The Hall–Kier alpha value is -3.74. The highest BCUT2D eigenvalue weighted by atomic mass is 16.6. The molecule has 0 aromatic heterocycles. The molecule has 2 bridgehead atoms. The number of carbonyl (C=O) groups is 2. The van der Waals surface area contributed by atoms with Gasteiger partial charge in [-0.15, -0.1) is 0 Å². The number of carbonyl (C=O) groups excluding carboxylic acids is 2. The van der Waals surface area contributed by atoms with E-state index >= 15 is 0 Å². The molecule has 5 aliphatic rings. The van der Waals surface area contributed by atoms with Crippen LogP contribution in [0.1, 0.15) is 23.1 Å². The average Bonchev–Trinajstić information content (AvgIpc) is 3.04. The number of imide groups is 1. The number of hydrogen-bond acceptors (Lipinski definition) is 5. The van der Waals surface area contributed by atoms with Gasteiger partial charge < -0.3 is 4.90 Å². The van der Waals surface area contributed by atoms with Crippen LogP contribution in [0.2, 0.25) is 0 Å². The maximum Gasteiger partial charge on any atom is 0.269 e. The zero-order chi connectivity index (χ0) is 20.6. The normalized spacial score (nSPS) is 30.3. The quantitative estimate of drug-likeness (QED) is 0.440. The molecule has 7 heteroatoms. The van der Waals surface area contributed by atoms with Crippen LogP contribution in [0.15, 0.2) is 73.0 Å². The first kappa shape index (κ1) is 17.1. The zero-order valence-corrected chi connectivity index (χ0v) is 15.8. The molecule has 7 nitrogen and oxygen atoms in total. The summed E-state index contributed by atoms with van der Waals surface area (Å²) in [5, 5.41) is 11.0. The van der Waals surface area contributed by atoms with Crippen molar-refractivity contribution in [3.05, 3.63) is 94.2 Å². The van der Waals surface area contributed by atoms with E-state index in [4.69, 9.17) is 0 Å². The summed E-state index contributed by atoms with van der Waals surface area (Å²) in [5.41, 5.74) is 2.55. The molecule has 4 heterocycles. The number of nitro benzene ring substituents is 1. The van der Waals surface area contributed by atoms with Gasteiger partial charge in [0.2, 0.25) is 11.8 Å². The monoisotopic (exact) mass is 399 g/mol. The lowest BCUT2D eigenvalue weighted by Gasteiger charge is -2.55. The van der Waals surface area contributed by atoms with Gasteiger partial charge in [-0.3, -0.25) is 19.7 Å². The van der Waals surface area contributed by atoms with E-state index in [1.807, 2.05) is 30.5 Å². The number of rotatable bonds is 2. The molecule has 5 unspecified atom stereocenters. The van der Waals surface area contributed by atoms with Crippen molar-refractivity contribution < 1.29 is 14.5 Å². The van der Waals surface area contributed by atoms with E-state index in [-0.39, 0.29) is 35.5 Å². The van der Waals surface area contributed by atoms with Crippen molar-refractivity contribution in [2.24, 2.45) is 11.8 Å². The van der Waals surface area contributed by atoms with E-state index in [9.17, 15) is 19.7 Å². The maximum atomic E-state index is 13.6. The SMILES string of the molecule is O=C1C2C(C(=O)N1c1ccc([N+](=O)[O-])cc1)C1c3ccccc3C2C2C=CC=CN21. The van der Waals surface area contributed by atoms with Crippen LogP contribution >= 0.6 is 0 Å². The van der Waals surface area contributed by atoms with E-state index in [2.05, 4.69) is 23.1 Å². The van der Waals surface area contributed by atoms with E-state index in [0.29, 0.717) is 5.69 Å². The summed E-state index contributed by atoms with van der Waals surface area (Å²) in [4.78, 5) is 41.0. The number of anilines is 1. The molecule has 0 N–H and O–H groups in total. The topological polar surface area (TPSA) is 83.8 Å². The fourth-order valence-electron chi connectivity index (χ4n) is 5.72. The standard InChI is InChI=1S/C23H17N3O4/c27-22-19-18-15-5-1-2-6-16(15)21(24-12-4-3-7-17(18)24)20(19)23(28)25(22)13-8-10-14(11-9-13)26(29)30/h1-12,17-21H. The summed E-state index contributed by atoms with van der Waals surface area (Å²) < 4.78 is 0. The molecule has 5 atom stereocenters. The molecule has 0 spiro atoms. The number of nitrogens with zero attached hydrogens (tertiary/aromatic N) is 3. The summed E-state index contributed by atoms with van der Waals surface area (Å²) in [7, 11) is 0. The lowest BCUT2D eigenvalue weighted by molar-refractivity contribution is -0.384. The van der Waals surface area contributed by atoms with Crippen molar-refractivity contribution in [2.75, 3.05) is 4.90 Å². The third-order valence-electron chi connectivity index (χ3n) is 6.83. The first-order valence-electron chi connectivity index (χ1n) is 9.91. The van der Waals surface area contributed by atoms with Crippen LogP contribution in [-0.4, -0.2) is 27.7 Å². The number of benzene rings is 2. The van der Waals surface area contributed by atoms with Crippen molar-refractivity contribution in [1.82, 2.24) is 4.90 Å². The van der Waals surface area contributed by atoms with Crippen LogP contribution in [0, 0.1) is 22.0 Å². The molecule has 2 aromatic rings. The molecule has 4 aliphatic heterocycles. The maximum absolute atomic E-state index is 13.6. The van der Waals surface area contributed by atoms with Crippen molar-refractivity contribution in [1.29, 1.82) is 0 Å². The van der Waals surface area contributed by atoms with Crippen molar-refractivity contribution in [2.45, 2.75) is 18.0 Å². The van der Waals surface area contributed by atoms with Crippen molar-refractivity contribution >= 4 is 23.2 Å². The lowest BCUT2D eigenvalue weighted by atomic mass is 9.60. The van der Waals surface area contributed by atoms with Crippen LogP contribution < -0.4 is 4.90 Å². The number of nitro groups is 1. The fourth-order valence-corrected chi connectivity index (χ4v) is 5.72. The van der Waals surface area contributed by atoms with Gasteiger partial charge in [0.15, 0.2) is 0 Å². The molecule has 7 rings (SSSR count). The number of non-ortho nitro benzene ring substituents is 1. The lowest BCUT2D eigenvalue weighted by Crippen LogP contribution is -2.56. The van der Waals surface area contributed by atoms with Crippen LogP contribution in [-0.2, 0) is 9.59 Å². The smallest absolute Gasteiger partial charge is 0.269 e. The average molecular weight is 399 g/mol.